The van der Waals surface area contributed by atoms with Crippen LogP contribution in [0.5, 0.6) is 11.5 Å². The number of anilines is 1. The number of aryl methyl sites for hydroxylation is 1. The number of hydrogen-bond acceptors (Lipinski definition) is 6. The van der Waals surface area contributed by atoms with Gasteiger partial charge in [0, 0.05) is 38.0 Å². The standard InChI is InChI=1S/C18H22N4O3/c1-24-15-5-3-13(16(9-15)25-2)4-6-18(23)22-11-14(12-22)21-17-10-19-7-8-20-17/h3,5,7-10,14H,4,6,11-12H2,1-2H3,(H,20,21). The highest BCUT2D eigenvalue weighted by Gasteiger charge is 2.30. The number of aromatic nitrogens is 2. The lowest BCUT2D eigenvalue weighted by atomic mass is 10.0. The molecule has 1 aromatic heterocycles. The zero-order valence-electron chi connectivity index (χ0n) is 14.4. The van der Waals surface area contributed by atoms with E-state index in [1.807, 2.05) is 23.1 Å². The van der Waals surface area contributed by atoms with E-state index >= 15 is 0 Å². The Hall–Kier alpha value is -2.83. The molecule has 1 aliphatic rings. The molecule has 7 nitrogen and oxygen atoms in total. The van der Waals surface area contributed by atoms with Crippen LogP contribution >= 0.6 is 0 Å². The Morgan fingerprint density at radius 1 is 1.28 bits per heavy atom. The molecular formula is C18H22N4O3. The zero-order valence-corrected chi connectivity index (χ0v) is 14.4. The van der Waals surface area contributed by atoms with E-state index in [9.17, 15) is 4.79 Å². The minimum Gasteiger partial charge on any atom is -0.497 e. The van der Waals surface area contributed by atoms with Gasteiger partial charge in [-0.2, -0.15) is 0 Å². The Morgan fingerprint density at radius 2 is 2.12 bits per heavy atom. The van der Waals surface area contributed by atoms with Crippen molar-refractivity contribution in [3.05, 3.63) is 42.4 Å². The fourth-order valence-electron chi connectivity index (χ4n) is 2.81. The van der Waals surface area contributed by atoms with Crippen LogP contribution < -0.4 is 14.8 Å². The zero-order chi connectivity index (χ0) is 17.6. The van der Waals surface area contributed by atoms with Gasteiger partial charge in [0.15, 0.2) is 0 Å². The van der Waals surface area contributed by atoms with E-state index in [-0.39, 0.29) is 11.9 Å². The molecule has 2 aromatic rings. The SMILES string of the molecule is COc1ccc(CCC(=O)N2CC(Nc3cnccn3)C2)c(OC)c1. The maximum absolute atomic E-state index is 12.3. The molecule has 1 amide bonds. The summed E-state index contributed by atoms with van der Waals surface area (Å²) < 4.78 is 10.6. The van der Waals surface area contributed by atoms with Crippen LogP contribution in [-0.2, 0) is 11.2 Å². The predicted octanol–water partition coefficient (Wildman–Crippen LogP) is 1.75. The molecule has 2 heterocycles. The molecule has 0 aliphatic carbocycles. The average molecular weight is 342 g/mol. The van der Waals surface area contributed by atoms with Crippen LogP contribution in [0, 0.1) is 0 Å². The highest BCUT2D eigenvalue weighted by atomic mass is 16.5. The first-order chi connectivity index (χ1) is 12.2. The molecular weight excluding hydrogens is 320 g/mol. The molecule has 1 fully saturated rings. The topological polar surface area (TPSA) is 76.6 Å². The summed E-state index contributed by atoms with van der Waals surface area (Å²) in [6.45, 7) is 1.38. The van der Waals surface area contributed by atoms with E-state index in [1.165, 1.54) is 0 Å². The van der Waals surface area contributed by atoms with Crippen LogP contribution in [0.25, 0.3) is 0 Å². The molecule has 0 unspecified atom stereocenters. The van der Waals surface area contributed by atoms with Crippen LogP contribution in [0.3, 0.4) is 0 Å². The summed E-state index contributed by atoms with van der Waals surface area (Å²) in [5.41, 5.74) is 1.01. The number of likely N-dealkylation sites (tertiary alicyclic amines) is 1. The molecule has 132 valence electrons. The second kappa shape index (κ2) is 7.83. The molecule has 0 spiro atoms. The number of ether oxygens (including phenoxy) is 2. The van der Waals surface area contributed by atoms with Gasteiger partial charge in [-0.1, -0.05) is 6.07 Å². The number of rotatable bonds is 7. The summed E-state index contributed by atoms with van der Waals surface area (Å²) in [5, 5.41) is 3.27. The Kier molecular flexibility index (Phi) is 5.33. The third-order valence-corrected chi connectivity index (χ3v) is 4.25. The second-order valence-corrected chi connectivity index (χ2v) is 5.91. The van der Waals surface area contributed by atoms with Crippen molar-refractivity contribution in [3.8, 4) is 11.5 Å². The van der Waals surface area contributed by atoms with Gasteiger partial charge in [0.05, 0.1) is 26.5 Å². The van der Waals surface area contributed by atoms with Crippen molar-refractivity contribution in [1.82, 2.24) is 14.9 Å². The van der Waals surface area contributed by atoms with Gasteiger partial charge in [-0.25, -0.2) is 4.98 Å². The minimum absolute atomic E-state index is 0.148. The summed E-state index contributed by atoms with van der Waals surface area (Å²) in [4.78, 5) is 22.4. The van der Waals surface area contributed by atoms with Gasteiger partial charge < -0.3 is 19.7 Å². The highest BCUT2D eigenvalue weighted by Crippen LogP contribution is 2.26. The lowest BCUT2D eigenvalue weighted by molar-refractivity contribution is -0.135. The maximum atomic E-state index is 12.3. The third kappa shape index (κ3) is 4.17. The predicted molar refractivity (Wildman–Crippen MR) is 93.9 cm³/mol. The summed E-state index contributed by atoms with van der Waals surface area (Å²) in [7, 11) is 3.24. The van der Waals surface area contributed by atoms with Crippen LogP contribution in [-0.4, -0.2) is 54.1 Å². The van der Waals surface area contributed by atoms with Gasteiger partial charge in [0.25, 0.3) is 0 Å². The van der Waals surface area contributed by atoms with Crippen molar-refractivity contribution in [2.45, 2.75) is 18.9 Å². The summed E-state index contributed by atoms with van der Waals surface area (Å²) in [5.74, 6) is 2.38. The van der Waals surface area contributed by atoms with Gasteiger partial charge >= 0.3 is 0 Å². The highest BCUT2D eigenvalue weighted by molar-refractivity contribution is 5.77. The van der Waals surface area contributed by atoms with Crippen molar-refractivity contribution in [2.75, 3.05) is 32.6 Å². The molecule has 1 saturated heterocycles. The number of nitrogens with zero attached hydrogens (tertiary/aromatic N) is 3. The number of amides is 1. The van der Waals surface area contributed by atoms with Crippen LogP contribution in [0.15, 0.2) is 36.8 Å². The minimum atomic E-state index is 0.148. The number of benzene rings is 1. The summed E-state index contributed by atoms with van der Waals surface area (Å²) >= 11 is 0. The number of methoxy groups -OCH3 is 2. The second-order valence-electron chi connectivity index (χ2n) is 5.91. The van der Waals surface area contributed by atoms with Gasteiger partial charge in [0.2, 0.25) is 5.91 Å². The van der Waals surface area contributed by atoms with Gasteiger partial charge in [-0.05, 0) is 18.1 Å². The average Bonchev–Trinajstić information content (AvgIpc) is 2.63. The summed E-state index contributed by atoms with van der Waals surface area (Å²) in [6.07, 6.45) is 6.06. The fourth-order valence-corrected chi connectivity index (χ4v) is 2.81. The Labute approximate surface area is 147 Å². The fraction of sp³-hybridized carbons (Fsp3) is 0.389. The van der Waals surface area contributed by atoms with E-state index in [1.54, 1.807) is 32.8 Å². The summed E-state index contributed by atoms with van der Waals surface area (Å²) in [6, 6.07) is 5.90. The van der Waals surface area contributed by atoms with Crippen LogP contribution in [0.4, 0.5) is 5.82 Å². The van der Waals surface area contributed by atoms with Gasteiger partial charge in [-0.3, -0.25) is 9.78 Å². The van der Waals surface area contributed by atoms with Gasteiger partial charge in [0.1, 0.15) is 17.3 Å². The lowest BCUT2D eigenvalue weighted by Crippen LogP contribution is -2.57. The van der Waals surface area contributed by atoms with Crippen molar-refractivity contribution >= 4 is 11.7 Å². The van der Waals surface area contributed by atoms with Crippen LogP contribution in [0.1, 0.15) is 12.0 Å². The molecule has 1 N–H and O–H groups in total. The molecule has 0 saturated carbocycles. The molecule has 25 heavy (non-hydrogen) atoms. The van der Waals surface area contributed by atoms with E-state index in [0.29, 0.717) is 25.9 Å². The molecule has 3 rings (SSSR count). The van der Waals surface area contributed by atoms with Crippen LogP contribution in [0.2, 0.25) is 0 Å². The first-order valence-electron chi connectivity index (χ1n) is 8.21. The molecule has 7 heteroatoms. The number of nitrogens with one attached hydrogen (secondary N) is 1. The number of carbonyl (C=O) groups is 1. The van der Waals surface area contributed by atoms with Crippen molar-refractivity contribution in [3.63, 3.8) is 0 Å². The van der Waals surface area contributed by atoms with E-state index in [2.05, 4.69) is 15.3 Å². The molecule has 0 radical (unpaired) electrons. The van der Waals surface area contributed by atoms with Crippen molar-refractivity contribution < 1.29 is 14.3 Å². The lowest BCUT2D eigenvalue weighted by Gasteiger charge is -2.39. The van der Waals surface area contributed by atoms with Crippen molar-refractivity contribution in [1.29, 1.82) is 0 Å². The molecule has 1 aromatic carbocycles. The van der Waals surface area contributed by atoms with E-state index in [0.717, 1.165) is 22.9 Å². The normalized spacial score (nSPS) is 13.9. The van der Waals surface area contributed by atoms with Gasteiger partial charge in [-0.15, -0.1) is 0 Å². The quantitative estimate of drug-likeness (QED) is 0.826. The molecule has 0 bridgehead atoms. The van der Waals surface area contributed by atoms with Crippen molar-refractivity contribution in [2.24, 2.45) is 0 Å². The molecule has 1 aliphatic heterocycles. The number of carbonyl (C=O) groups excluding carboxylic acids is 1. The smallest absolute Gasteiger partial charge is 0.223 e. The Morgan fingerprint density at radius 3 is 2.80 bits per heavy atom. The van der Waals surface area contributed by atoms with E-state index < -0.39 is 0 Å². The molecule has 0 atom stereocenters. The Bertz CT molecular complexity index is 718. The largest absolute Gasteiger partial charge is 0.497 e. The third-order valence-electron chi connectivity index (χ3n) is 4.25. The monoisotopic (exact) mass is 342 g/mol. The first-order valence-corrected chi connectivity index (χ1v) is 8.21. The number of hydrogen-bond donors (Lipinski definition) is 1. The Balaban J connectivity index is 1.46. The van der Waals surface area contributed by atoms with E-state index in [4.69, 9.17) is 9.47 Å². The first kappa shape index (κ1) is 17.0. The maximum Gasteiger partial charge on any atom is 0.223 e.